The lowest BCUT2D eigenvalue weighted by Crippen LogP contribution is -2.30. The normalized spacial score (nSPS) is 17.9. The lowest BCUT2D eigenvalue weighted by molar-refractivity contribution is -0.127. The summed E-state index contributed by atoms with van der Waals surface area (Å²) in [4.78, 5) is 14.1. The minimum Gasteiger partial charge on any atom is -0.496 e. The van der Waals surface area contributed by atoms with Crippen LogP contribution in [0.5, 0.6) is 11.5 Å². The number of hydrogen-bond acceptors (Lipinski definition) is 6. The number of carbonyl (C=O) groups is 1. The molecule has 1 aromatic carbocycles. The molecule has 0 aromatic heterocycles. The molecule has 1 saturated heterocycles. The number of aliphatic hydroxyl groups is 1. The lowest BCUT2D eigenvalue weighted by Gasteiger charge is -2.26. The first-order valence-electron chi connectivity index (χ1n) is 7.03. The first-order valence-corrected chi connectivity index (χ1v) is 9.23. The number of methoxy groups -OCH3 is 2. The first kappa shape index (κ1) is 17.3. The number of nitrogens with zero attached hydrogens (tertiary/aromatic N) is 1. The molecule has 7 heteroatoms. The molecule has 0 radical (unpaired) electrons. The maximum Gasteiger partial charge on any atom is 0.233 e. The van der Waals surface area contributed by atoms with E-state index in [1.54, 1.807) is 37.7 Å². The van der Waals surface area contributed by atoms with Crippen molar-refractivity contribution < 1.29 is 19.4 Å². The van der Waals surface area contributed by atoms with E-state index in [0.29, 0.717) is 18.1 Å². The van der Waals surface area contributed by atoms with E-state index in [0.717, 1.165) is 22.8 Å². The van der Waals surface area contributed by atoms with Gasteiger partial charge in [-0.15, -0.1) is 11.8 Å². The maximum atomic E-state index is 12.2. The van der Waals surface area contributed by atoms with Crippen molar-refractivity contribution in [3.8, 4) is 11.5 Å². The van der Waals surface area contributed by atoms with E-state index in [1.165, 1.54) is 0 Å². The largest absolute Gasteiger partial charge is 0.496 e. The molecular weight excluding hydrogens is 322 g/mol. The standard InChI is InChI=1S/C15H21NO4S2/c1-19-11-4-3-5-12(20-2)14(11)15-16(13(18)10-22-15)6-8-21-9-7-17/h3-5,15,17H,6-10H2,1-2H3. The Morgan fingerprint density at radius 1 is 1.32 bits per heavy atom. The Kier molecular flexibility index (Phi) is 6.72. The fourth-order valence-corrected chi connectivity index (χ4v) is 4.31. The average Bonchev–Trinajstić information content (AvgIpc) is 2.91. The summed E-state index contributed by atoms with van der Waals surface area (Å²) in [7, 11) is 3.25. The number of amides is 1. The van der Waals surface area contributed by atoms with Gasteiger partial charge < -0.3 is 19.5 Å². The van der Waals surface area contributed by atoms with Crippen LogP contribution in [0.3, 0.4) is 0 Å². The number of carbonyl (C=O) groups excluding carboxylic acids is 1. The van der Waals surface area contributed by atoms with Crippen molar-refractivity contribution in [3.63, 3.8) is 0 Å². The highest BCUT2D eigenvalue weighted by molar-refractivity contribution is 8.00. The van der Waals surface area contributed by atoms with E-state index in [9.17, 15) is 4.79 Å². The number of rotatable bonds is 8. The van der Waals surface area contributed by atoms with E-state index in [-0.39, 0.29) is 17.9 Å². The van der Waals surface area contributed by atoms with Crippen LogP contribution >= 0.6 is 23.5 Å². The lowest BCUT2D eigenvalue weighted by atomic mass is 10.1. The smallest absolute Gasteiger partial charge is 0.233 e. The zero-order valence-corrected chi connectivity index (χ0v) is 14.4. The number of thioether (sulfide) groups is 2. The maximum absolute atomic E-state index is 12.2. The summed E-state index contributed by atoms with van der Waals surface area (Å²) >= 11 is 3.24. The Balaban J connectivity index is 2.20. The molecule has 22 heavy (non-hydrogen) atoms. The van der Waals surface area contributed by atoms with Crippen LogP contribution in [0.25, 0.3) is 0 Å². The summed E-state index contributed by atoms with van der Waals surface area (Å²) in [5.41, 5.74) is 0.913. The molecule has 122 valence electrons. The molecule has 1 amide bonds. The zero-order valence-electron chi connectivity index (χ0n) is 12.8. The Bertz CT molecular complexity index is 490. The van der Waals surface area contributed by atoms with Crippen LogP contribution in [0, 0.1) is 0 Å². The van der Waals surface area contributed by atoms with Gasteiger partial charge in [0.15, 0.2) is 0 Å². The summed E-state index contributed by atoms with van der Waals surface area (Å²) in [6.07, 6.45) is 0. The molecule has 5 nitrogen and oxygen atoms in total. The molecule has 2 rings (SSSR count). The Labute approximate surface area is 139 Å². The van der Waals surface area contributed by atoms with Crippen molar-refractivity contribution in [1.82, 2.24) is 4.90 Å². The van der Waals surface area contributed by atoms with Crippen LogP contribution < -0.4 is 9.47 Å². The Morgan fingerprint density at radius 3 is 2.59 bits per heavy atom. The highest BCUT2D eigenvalue weighted by Crippen LogP contribution is 2.46. The van der Waals surface area contributed by atoms with E-state index in [1.807, 2.05) is 23.1 Å². The van der Waals surface area contributed by atoms with Crippen molar-refractivity contribution in [3.05, 3.63) is 23.8 Å². The molecular formula is C15H21NO4S2. The van der Waals surface area contributed by atoms with Crippen molar-refractivity contribution in [2.75, 3.05) is 44.6 Å². The molecule has 1 N–H and O–H groups in total. The molecule has 1 aliphatic rings. The van der Waals surface area contributed by atoms with Gasteiger partial charge in [0, 0.05) is 18.1 Å². The van der Waals surface area contributed by atoms with E-state index in [4.69, 9.17) is 14.6 Å². The molecule has 0 saturated carbocycles. The fraction of sp³-hybridized carbons (Fsp3) is 0.533. The van der Waals surface area contributed by atoms with Gasteiger partial charge in [0.2, 0.25) is 5.91 Å². The second kappa shape index (κ2) is 8.55. The highest BCUT2D eigenvalue weighted by atomic mass is 32.2. The summed E-state index contributed by atoms with van der Waals surface area (Å²) in [6.45, 7) is 0.819. The van der Waals surface area contributed by atoms with Crippen LogP contribution in [0.2, 0.25) is 0 Å². The molecule has 0 aliphatic carbocycles. The molecule has 1 fully saturated rings. The highest BCUT2D eigenvalue weighted by Gasteiger charge is 2.36. The quantitative estimate of drug-likeness (QED) is 0.729. The molecule has 1 heterocycles. The second-order valence-electron chi connectivity index (χ2n) is 4.66. The van der Waals surface area contributed by atoms with Crippen LogP contribution in [0.15, 0.2) is 18.2 Å². The van der Waals surface area contributed by atoms with Gasteiger partial charge in [-0.1, -0.05) is 6.07 Å². The summed E-state index contributed by atoms with van der Waals surface area (Å²) in [5.74, 6) is 3.57. The second-order valence-corrected chi connectivity index (χ2v) is 6.96. The SMILES string of the molecule is COc1cccc(OC)c1C1SCC(=O)N1CCSCCO. The minimum absolute atomic E-state index is 0.0895. The molecule has 1 atom stereocenters. The summed E-state index contributed by atoms with van der Waals surface area (Å²) < 4.78 is 10.9. The third-order valence-corrected chi connectivity index (χ3v) is 5.56. The Hall–Kier alpha value is -1.05. The van der Waals surface area contributed by atoms with Crippen LogP contribution in [-0.4, -0.2) is 60.5 Å². The predicted molar refractivity (Wildman–Crippen MR) is 90.9 cm³/mol. The van der Waals surface area contributed by atoms with Gasteiger partial charge in [-0.25, -0.2) is 0 Å². The van der Waals surface area contributed by atoms with E-state index < -0.39 is 0 Å². The van der Waals surface area contributed by atoms with Crippen molar-refractivity contribution in [1.29, 1.82) is 0 Å². The fourth-order valence-electron chi connectivity index (χ4n) is 2.39. The number of hydrogen-bond donors (Lipinski definition) is 1. The number of aliphatic hydroxyl groups excluding tert-OH is 1. The topological polar surface area (TPSA) is 59.0 Å². The van der Waals surface area contributed by atoms with Crippen LogP contribution in [0.4, 0.5) is 0 Å². The number of ether oxygens (including phenoxy) is 2. The monoisotopic (exact) mass is 343 g/mol. The predicted octanol–water partition coefficient (Wildman–Crippen LogP) is 2.00. The summed E-state index contributed by atoms with van der Waals surface area (Å²) in [5, 5.41) is 8.75. The van der Waals surface area contributed by atoms with E-state index in [2.05, 4.69) is 0 Å². The average molecular weight is 343 g/mol. The molecule has 1 unspecified atom stereocenters. The van der Waals surface area contributed by atoms with Crippen LogP contribution in [0.1, 0.15) is 10.9 Å². The first-order chi connectivity index (χ1) is 10.7. The number of benzene rings is 1. The molecule has 1 aliphatic heterocycles. The summed E-state index contributed by atoms with van der Waals surface area (Å²) in [6, 6.07) is 5.66. The van der Waals surface area contributed by atoms with Crippen molar-refractivity contribution >= 4 is 29.4 Å². The van der Waals surface area contributed by atoms with Gasteiger partial charge in [-0.2, -0.15) is 11.8 Å². The van der Waals surface area contributed by atoms with Crippen molar-refractivity contribution in [2.45, 2.75) is 5.37 Å². The van der Waals surface area contributed by atoms with Gasteiger partial charge in [-0.3, -0.25) is 4.79 Å². The van der Waals surface area contributed by atoms with Gasteiger partial charge >= 0.3 is 0 Å². The third kappa shape index (κ3) is 3.83. The van der Waals surface area contributed by atoms with Crippen LogP contribution in [-0.2, 0) is 4.79 Å². The third-order valence-electron chi connectivity index (χ3n) is 3.39. The molecule has 0 bridgehead atoms. The van der Waals surface area contributed by atoms with Gasteiger partial charge in [0.1, 0.15) is 16.9 Å². The minimum atomic E-state index is -0.0895. The molecule has 1 aromatic rings. The van der Waals surface area contributed by atoms with Gasteiger partial charge in [0.25, 0.3) is 0 Å². The molecule has 0 spiro atoms. The zero-order chi connectivity index (χ0) is 15.9. The van der Waals surface area contributed by atoms with Crippen molar-refractivity contribution in [2.24, 2.45) is 0 Å². The van der Waals surface area contributed by atoms with Gasteiger partial charge in [-0.05, 0) is 12.1 Å². The Morgan fingerprint density at radius 2 is 2.00 bits per heavy atom. The van der Waals surface area contributed by atoms with Gasteiger partial charge in [0.05, 0.1) is 32.1 Å². The van der Waals surface area contributed by atoms with E-state index >= 15 is 0 Å².